The Labute approximate surface area is 185 Å². The van der Waals surface area contributed by atoms with Crippen LogP contribution in [0.25, 0.3) is 0 Å². The van der Waals surface area contributed by atoms with E-state index in [1.165, 1.54) is 18.3 Å². The predicted octanol–water partition coefficient (Wildman–Crippen LogP) is 4.31. The molecule has 1 fully saturated rings. The van der Waals surface area contributed by atoms with E-state index in [-0.39, 0.29) is 17.8 Å². The molecule has 0 atom stereocenters. The smallest absolute Gasteiger partial charge is 0.326 e. The number of halogens is 1. The molecule has 1 aliphatic heterocycles. The van der Waals surface area contributed by atoms with Crippen molar-refractivity contribution in [3.05, 3.63) is 83.8 Å². The Morgan fingerprint density at radius 2 is 1.81 bits per heavy atom. The van der Waals surface area contributed by atoms with Crippen LogP contribution in [0.4, 0.5) is 20.7 Å². The van der Waals surface area contributed by atoms with Crippen LogP contribution in [0.3, 0.4) is 0 Å². The van der Waals surface area contributed by atoms with E-state index in [0.717, 1.165) is 5.56 Å². The van der Waals surface area contributed by atoms with Crippen molar-refractivity contribution < 1.29 is 18.7 Å². The molecule has 1 aromatic heterocycles. The molecule has 0 aliphatic carbocycles. The summed E-state index contributed by atoms with van der Waals surface area (Å²) >= 11 is 0. The normalized spacial score (nSPS) is 13.4. The maximum absolute atomic E-state index is 13.1. The highest BCUT2D eigenvalue weighted by Gasteiger charge is 2.30. The van der Waals surface area contributed by atoms with Crippen LogP contribution in [-0.4, -0.2) is 41.5 Å². The van der Waals surface area contributed by atoms with Gasteiger partial charge in [-0.1, -0.05) is 12.1 Å². The Hall–Kier alpha value is -3.94. The number of nitrogens with one attached hydrogen (secondary N) is 1. The first-order valence-corrected chi connectivity index (χ1v) is 10.3. The molecule has 0 radical (unpaired) electrons. The molecule has 0 saturated carbocycles. The van der Waals surface area contributed by atoms with Crippen molar-refractivity contribution in [2.24, 2.45) is 0 Å². The number of rotatable bonds is 7. The van der Waals surface area contributed by atoms with E-state index in [4.69, 9.17) is 4.74 Å². The van der Waals surface area contributed by atoms with Gasteiger partial charge in [0.25, 0.3) is 5.91 Å². The largest absolute Gasteiger partial charge is 0.494 e. The lowest BCUT2D eigenvalue weighted by Crippen LogP contribution is -2.31. The summed E-state index contributed by atoms with van der Waals surface area (Å²) in [6, 6.07) is 16.3. The van der Waals surface area contributed by atoms with Gasteiger partial charge in [0.2, 0.25) is 0 Å². The van der Waals surface area contributed by atoms with Crippen molar-refractivity contribution in [2.45, 2.75) is 13.5 Å². The number of urea groups is 1. The van der Waals surface area contributed by atoms with E-state index in [2.05, 4.69) is 10.3 Å². The first-order valence-electron chi connectivity index (χ1n) is 10.3. The maximum Gasteiger partial charge on any atom is 0.326 e. The first kappa shape index (κ1) is 21.3. The average Bonchev–Trinajstić information content (AvgIpc) is 3.16. The second-order valence-corrected chi connectivity index (χ2v) is 7.30. The van der Waals surface area contributed by atoms with E-state index < -0.39 is 0 Å². The number of hydrogen-bond donors (Lipinski definition) is 1. The fraction of sp³-hybridized carbons (Fsp3) is 0.208. The molecule has 1 N–H and O–H groups in total. The highest BCUT2D eigenvalue weighted by molar-refractivity contribution is 6.04. The Morgan fingerprint density at radius 3 is 2.47 bits per heavy atom. The molecule has 2 heterocycles. The average molecular weight is 434 g/mol. The van der Waals surface area contributed by atoms with Crippen LogP contribution in [0.5, 0.6) is 5.75 Å². The maximum atomic E-state index is 13.1. The Kier molecular flexibility index (Phi) is 6.30. The third kappa shape index (κ3) is 4.85. The lowest BCUT2D eigenvalue weighted by Gasteiger charge is -2.18. The topological polar surface area (TPSA) is 74.8 Å². The molecule has 3 aromatic rings. The van der Waals surface area contributed by atoms with E-state index >= 15 is 0 Å². The summed E-state index contributed by atoms with van der Waals surface area (Å²) in [6.07, 6.45) is 1.53. The van der Waals surface area contributed by atoms with Crippen molar-refractivity contribution in [1.82, 2.24) is 9.88 Å². The molecule has 3 amide bonds. The highest BCUT2D eigenvalue weighted by atomic mass is 19.1. The number of aromatic nitrogens is 1. The minimum atomic E-state index is -0.304. The summed E-state index contributed by atoms with van der Waals surface area (Å²) in [5.74, 6) is 0.654. The number of ether oxygens (including phenoxy) is 1. The fourth-order valence-corrected chi connectivity index (χ4v) is 3.44. The lowest BCUT2D eigenvalue weighted by molar-refractivity contribution is 0.102. The van der Waals surface area contributed by atoms with Crippen LogP contribution < -0.4 is 15.0 Å². The van der Waals surface area contributed by atoms with Gasteiger partial charge in [0.15, 0.2) is 0 Å². The van der Waals surface area contributed by atoms with Gasteiger partial charge in [-0.05, 0) is 61.0 Å². The van der Waals surface area contributed by atoms with E-state index in [1.54, 1.807) is 58.3 Å². The number of pyridine rings is 1. The minimum Gasteiger partial charge on any atom is -0.494 e. The second kappa shape index (κ2) is 9.47. The third-order valence-electron chi connectivity index (χ3n) is 5.09. The SMILES string of the molecule is CCOc1ccc(C(=O)Nc2ccc(N3CCN(Cc4ccc(F)cc4)C3=O)nc2)cc1. The number of carbonyl (C=O) groups is 2. The molecular weight excluding hydrogens is 411 g/mol. The summed E-state index contributed by atoms with van der Waals surface area (Å²) in [5.41, 5.74) is 1.90. The number of benzene rings is 2. The van der Waals surface area contributed by atoms with Crippen molar-refractivity contribution in [3.8, 4) is 5.75 Å². The lowest BCUT2D eigenvalue weighted by atomic mass is 10.2. The van der Waals surface area contributed by atoms with Gasteiger partial charge < -0.3 is 15.0 Å². The Bertz CT molecular complexity index is 1090. The number of amides is 3. The van der Waals surface area contributed by atoms with Crippen LogP contribution in [0.1, 0.15) is 22.8 Å². The van der Waals surface area contributed by atoms with Crippen molar-refractivity contribution in [2.75, 3.05) is 29.9 Å². The van der Waals surface area contributed by atoms with E-state index in [0.29, 0.717) is 49.1 Å². The minimum absolute atomic E-state index is 0.159. The second-order valence-electron chi connectivity index (χ2n) is 7.30. The van der Waals surface area contributed by atoms with Gasteiger partial charge in [-0.3, -0.25) is 9.69 Å². The molecule has 1 aliphatic rings. The van der Waals surface area contributed by atoms with Gasteiger partial charge in [-0.2, -0.15) is 0 Å². The molecule has 0 unspecified atom stereocenters. The number of hydrogen-bond acceptors (Lipinski definition) is 4. The standard InChI is InChI=1S/C24H23FN4O3/c1-2-32-21-10-5-18(6-11-21)23(30)27-20-9-12-22(26-15-20)29-14-13-28(24(29)31)16-17-3-7-19(25)8-4-17/h3-12,15H,2,13-14,16H2,1H3,(H,27,30). The molecule has 32 heavy (non-hydrogen) atoms. The third-order valence-corrected chi connectivity index (χ3v) is 5.09. The van der Waals surface area contributed by atoms with E-state index in [1.807, 2.05) is 6.92 Å². The quantitative estimate of drug-likeness (QED) is 0.601. The number of carbonyl (C=O) groups excluding carboxylic acids is 2. The zero-order chi connectivity index (χ0) is 22.5. The molecule has 7 nitrogen and oxygen atoms in total. The van der Waals surface area contributed by atoms with Gasteiger partial charge in [-0.25, -0.2) is 14.2 Å². The first-order chi connectivity index (χ1) is 15.5. The zero-order valence-corrected chi connectivity index (χ0v) is 17.6. The number of anilines is 2. The van der Waals surface area contributed by atoms with Crippen LogP contribution in [0.2, 0.25) is 0 Å². The van der Waals surface area contributed by atoms with Crippen molar-refractivity contribution in [1.29, 1.82) is 0 Å². The molecular formula is C24H23FN4O3. The molecule has 1 saturated heterocycles. The summed E-state index contributed by atoms with van der Waals surface area (Å²) in [5, 5.41) is 2.80. The summed E-state index contributed by atoms with van der Waals surface area (Å²) < 4.78 is 18.5. The zero-order valence-electron chi connectivity index (χ0n) is 17.6. The van der Waals surface area contributed by atoms with Crippen LogP contribution in [0, 0.1) is 5.82 Å². The van der Waals surface area contributed by atoms with Gasteiger partial charge in [-0.15, -0.1) is 0 Å². The van der Waals surface area contributed by atoms with Crippen molar-refractivity contribution in [3.63, 3.8) is 0 Å². The molecule has 2 aromatic carbocycles. The van der Waals surface area contributed by atoms with Gasteiger partial charge >= 0.3 is 6.03 Å². The molecule has 8 heteroatoms. The molecule has 0 bridgehead atoms. The molecule has 4 rings (SSSR count). The van der Waals surface area contributed by atoms with E-state index in [9.17, 15) is 14.0 Å². The predicted molar refractivity (Wildman–Crippen MR) is 119 cm³/mol. The summed E-state index contributed by atoms with van der Waals surface area (Å²) in [4.78, 5) is 32.8. The van der Waals surface area contributed by atoms with Gasteiger partial charge in [0, 0.05) is 25.2 Å². The van der Waals surface area contributed by atoms with Gasteiger partial charge in [0.05, 0.1) is 18.5 Å². The monoisotopic (exact) mass is 434 g/mol. The fourth-order valence-electron chi connectivity index (χ4n) is 3.44. The van der Waals surface area contributed by atoms with Crippen molar-refractivity contribution >= 4 is 23.4 Å². The summed E-state index contributed by atoms with van der Waals surface area (Å²) in [6.45, 7) is 3.92. The Balaban J connectivity index is 1.36. The Morgan fingerprint density at radius 1 is 1.06 bits per heavy atom. The van der Waals surface area contributed by atoms with Crippen LogP contribution >= 0.6 is 0 Å². The number of nitrogens with zero attached hydrogens (tertiary/aromatic N) is 3. The molecule has 0 spiro atoms. The highest BCUT2D eigenvalue weighted by Crippen LogP contribution is 2.22. The van der Waals surface area contributed by atoms with Crippen LogP contribution in [0.15, 0.2) is 66.9 Å². The van der Waals surface area contributed by atoms with Gasteiger partial charge in [0.1, 0.15) is 17.4 Å². The summed E-state index contributed by atoms with van der Waals surface area (Å²) in [7, 11) is 0. The van der Waals surface area contributed by atoms with Crippen LogP contribution in [-0.2, 0) is 6.54 Å². The molecule has 164 valence electrons.